The molecule has 2 nitrogen and oxygen atoms in total. The minimum Gasteiger partial charge on any atom is -0.385 e. The third kappa shape index (κ3) is 5.43. The molecule has 0 unspecified atom stereocenters. The molecule has 0 saturated carbocycles. The molecule has 0 aliphatic carbocycles. The molecule has 4 rings (SSSR count). The molecule has 0 bridgehead atoms. The number of piperidine rings is 1. The molecule has 0 spiro atoms. The van der Waals surface area contributed by atoms with E-state index in [-0.39, 0.29) is 41.5 Å². The van der Waals surface area contributed by atoms with Crippen LogP contribution in [-0.2, 0) is 5.60 Å². The monoisotopic (exact) mass is 523 g/mol. The van der Waals surface area contributed by atoms with Crippen LogP contribution in [0.1, 0.15) is 53.9 Å². The van der Waals surface area contributed by atoms with Crippen LogP contribution in [-0.4, -0.2) is 29.6 Å². The normalized spacial score (nSPS) is 16.0. The Morgan fingerprint density at radius 1 is 0.833 bits per heavy atom. The maximum atomic E-state index is 14.6. The summed E-state index contributed by atoms with van der Waals surface area (Å²) in [7, 11) is 0. The van der Waals surface area contributed by atoms with E-state index in [1.165, 1.54) is 31.2 Å². The van der Waals surface area contributed by atoms with E-state index < -0.39 is 28.1 Å². The molecule has 3 aromatic carbocycles. The zero-order valence-corrected chi connectivity index (χ0v) is 20.6. The van der Waals surface area contributed by atoms with Crippen molar-refractivity contribution in [3.8, 4) is 0 Å². The van der Waals surface area contributed by atoms with Gasteiger partial charge in [-0.3, -0.25) is 0 Å². The smallest absolute Gasteiger partial charge is 0.196 e. The summed E-state index contributed by atoms with van der Waals surface area (Å²) in [5.74, 6) is -5.23. The van der Waals surface area contributed by atoms with Crippen molar-refractivity contribution in [2.75, 3.05) is 19.6 Å². The third-order valence-electron chi connectivity index (χ3n) is 7.16. The highest BCUT2D eigenvalue weighted by Gasteiger charge is 2.40. The summed E-state index contributed by atoms with van der Waals surface area (Å²) in [4.78, 5) is 2.12. The van der Waals surface area contributed by atoms with E-state index in [0.29, 0.717) is 19.6 Å². The summed E-state index contributed by atoms with van der Waals surface area (Å²) >= 11 is 5.84. The Bertz CT molecular complexity index is 1130. The first-order chi connectivity index (χ1) is 17.1. The Morgan fingerprint density at radius 3 is 1.83 bits per heavy atom. The van der Waals surface area contributed by atoms with Gasteiger partial charge in [0.1, 0.15) is 11.6 Å². The van der Waals surface area contributed by atoms with Gasteiger partial charge in [0.05, 0.1) is 10.6 Å². The summed E-state index contributed by atoms with van der Waals surface area (Å²) in [6.07, 6.45) is 1.78. The second kappa shape index (κ2) is 10.9. The Morgan fingerprint density at radius 2 is 1.33 bits per heavy atom. The van der Waals surface area contributed by atoms with Gasteiger partial charge in [-0.2, -0.15) is 0 Å². The van der Waals surface area contributed by atoms with Gasteiger partial charge in [0.25, 0.3) is 0 Å². The van der Waals surface area contributed by atoms with Crippen LogP contribution in [0, 0.1) is 36.0 Å². The molecule has 0 aromatic heterocycles. The van der Waals surface area contributed by atoms with Crippen LogP contribution in [0.4, 0.5) is 22.0 Å². The first kappa shape index (κ1) is 26.6. The predicted molar refractivity (Wildman–Crippen MR) is 130 cm³/mol. The van der Waals surface area contributed by atoms with Gasteiger partial charge >= 0.3 is 0 Å². The molecular formula is C28H27ClF5NO. The molecule has 1 fully saturated rings. The van der Waals surface area contributed by atoms with Gasteiger partial charge in [-0.25, -0.2) is 22.0 Å². The first-order valence-corrected chi connectivity index (χ1v) is 12.3. The molecule has 192 valence electrons. The highest BCUT2D eigenvalue weighted by molar-refractivity contribution is 6.31. The largest absolute Gasteiger partial charge is 0.385 e. The molecular weight excluding hydrogens is 497 g/mol. The van der Waals surface area contributed by atoms with Crippen LogP contribution in [0.15, 0.2) is 48.5 Å². The number of nitrogens with zero attached hydrogens (tertiary/aromatic N) is 1. The minimum atomic E-state index is -1.68. The number of hydrogen-bond donors (Lipinski definition) is 1. The summed E-state index contributed by atoms with van der Waals surface area (Å²) in [6.45, 7) is 2.93. The van der Waals surface area contributed by atoms with Crippen LogP contribution < -0.4 is 0 Å². The highest BCUT2D eigenvalue weighted by Crippen LogP contribution is 2.40. The number of likely N-dealkylation sites (tertiary alicyclic amines) is 1. The van der Waals surface area contributed by atoms with Crippen molar-refractivity contribution in [1.29, 1.82) is 0 Å². The zero-order chi connectivity index (χ0) is 26.0. The molecule has 36 heavy (non-hydrogen) atoms. The van der Waals surface area contributed by atoms with Crippen molar-refractivity contribution >= 4 is 11.6 Å². The number of halogens is 6. The molecule has 1 heterocycles. The lowest BCUT2D eigenvalue weighted by Crippen LogP contribution is -2.44. The van der Waals surface area contributed by atoms with Crippen LogP contribution in [0.25, 0.3) is 0 Å². The average Bonchev–Trinajstić information content (AvgIpc) is 2.87. The summed E-state index contributed by atoms with van der Waals surface area (Å²) in [6, 6.07) is 12.5. The van der Waals surface area contributed by atoms with Gasteiger partial charge in [0.15, 0.2) is 17.5 Å². The Hall–Kier alpha value is -2.48. The van der Waals surface area contributed by atoms with Gasteiger partial charge in [0, 0.05) is 24.6 Å². The SMILES string of the molecule is Cc1c(Cl)c(F)c(F)c(F)c1C1(O)CCN(CCCC(c2ccc(F)cc2)c2ccc(F)cc2)CC1. The van der Waals surface area contributed by atoms with Crippen LogP contribution in [0.5, 0.6) is 0 Å². The topological polar surface area (TPSA) is 23.5 Å². The Kier molecular flexibility index (Phi) is 8.03. The van der Waals surface area contributed by atoms with Crippen molar-refractivity contribution in [2.24, 2.45) is 0 Å². The van der Waals surface area contributed by atoms with Crippen molar-refractivity contribution in [1.82, 2.24) is 4.90 Å². The fourth-order valence-electron chi connectivity index (χ4n) is 5.13. The lowest BCUT2D eigenvalue weighted by atomic mass is 9.81. The quantitative estimate of drug-likeness (QED) is 0.200. The summed E-state index contributed by atoms with van der Waals surface area (Å²) in [5.41, 5.74) is -0.0632. The molecule has 0 amide bonds. The number of aliphatic hydroxyl groups is 1. The van der Waals surface area contributed by atoms with E-state index in [0.717, 1.165) is 24.0 Å². The van der Waals surface area contributed by atoms with Gasteiger partial charge in [-0.1, -0.05) is 35.9 Å². The fraction of sp³-hybridized carbons (Fsp3) is 0.357. The zero-order valence-electron chi connectivity index (χ0n) is 19.8. The molecule has 3 aromatic rings. The second-order valence-electron chi connectivity index (χ2n) is 9.43. The Balaban J connectivity index is 1.42. The van der Waals surface area contributed by atoms with Crippen LogP contribution >= 0.6 is 11.6 Å². The first-order valence-electron chi connectivity index (χ1n) is 11.9. The van der Waals surface area contributed by atoms with Crippen molar-refractivity contribution in [3.05, 3.63) is 105 Å². The highest BCUT2D eigenvalue weighted by atomic mass is 35.5. The number of benzene rings is 3. The number of rotatable bonds is 7. The minimum absolute atomic E-state index is 0.00505. The summed E-state index contributed by atoms with van der Waals surface area (Å²) in [5, 5.41) is 10.6. The molecule has 0 radical (unpaired) electrons. The molecule has 1 N–H and O–H groups in total. The molecule has 8 heteroatoms. The van der Waals surface area contributed by atoms with Crippen molar-refractivity contribution in [2.45, 2.75) is 44.1 Å². The maximum Gasteiger partial charge on any atom is 0.196 e. The Labute approximate surface area is 212 Å². The maximum absolute atomic E-state index is 14.6. The van der Waals surface area contributed by atoms with Crippen LogP contribution in [0.3, 0.4) is 0 Å². The van der Waals surface area contributed by atoms with Gasteiger partial charge in [0.2, 0.25) is 0 Å². The van der Waals surface area contributed by atoms with E-state index in [1.807, 2.05) is 0 Å². The van der Waals surface area contributed by atoms with E-state index in [9.17, 15) is 27.1 Å². The van der Waals surface area contributed by atoms with Crippen molar-refractivity contribution < 1.29 is 27.1 Å². The molecule has 0 atom stereocenters. The third-order valence-corrected chi connectivity index (χ3v) is 7.61. The second-order valence-corrected chi connectivity index (χ2v) is 9.81. The lowest BCUT2D eigenvalue weighted by molar-refractivity contribution is -0.0297. The van der Waals surface area contributed by atoms with E-state index in [2.05, 4.69) is 4.90 Å². The van der Waals surface area contributed by atoms with Crippen LogP contribution in [0.2, 0.25) is 5.02 Å². The van der Waals surface area contributed by atoms with E-state index in [1.54, 1.807) is 24.3 Å². The van der Waals surface area contributed by atoms with E-state index >= 15 is 0 Å². The van der Waals surface area contributed by atoms with Gasteiger partial charge in [-0.05, 0) is 80.1 Å². The molecule has 1 aliphatic heterocycles. The average molecular weight is 524 g/mol. The molecule has 1 saturated heterocycles. The fourth-order valence-corrected chi connectivity index (χ4v) is 5.30. The van der Waals surface area contributed by atoms with Gasteiger partial charge in [-0.15, -0.1) is 0 Å². The predicted octanol–water partition coefficient (Wildman–Crippen LogP) is 7.24. The van der Waals surface area contributed by atoms with Gasteiger partial charge < -0.3 is 10.0 Å². The standard InChI is InChI=1S/C28H27ClF5NO/c1-17-23(25(32)27(34)26(33)24(17)29)28(36)12-15-35(16-13-28)14-2-3-22(18-4-8-20(30)9-5-18)19-6-10-21(31)11-7-19/h4-11,22,36H,2-3,12-16H2,1H3. The number of hydrogen-bond acceptors (Lipinski definition) is 2. The lowest BCUT2D eigenvalue weighted by Gasteiger charge is -2.39. The molecule has 1 aliphatic rings. The van der Waals surface area contributed by atoms with E-state index in [4.69, 9.17) is 11.6 Å². The van der Waals surface area contributed by atoms with Crippen molar-refractivity contribution in [3.63, 3.8) is 0 Å². The summed E-state index contributed by atoms with van der Waals surface area (Å²) < 4.78 is 69.3.